The molecule has 4 nitrogen and oxygen atoms in total. The van der Waals surface area contributed by atoms with E-state index in [0.717, 1.165) is 78.0 Å². The van der Waals surface area contributed by atoms with E-state index in [1.165, 1.54) is 47.6 Å². The van der Waals surface area contributed by atoms with E-state index in [1.54, 1.807) is 6.92 Å². The summed E-state index contributed by atoms with van der Waals surface area (Å²) in [7, 11) is 0. The van der Waals surface area contributed by atoms with Crippen LogP contribution in [-0.4, -0.2) is 15.9 Å². The second-order valence-corrected chi connectivity index (χ2v) is 16.0. The van der Waals surface area contributed by atoms with Crippen molar-refractivity contribution in [2.75, 3.05) is 0 Å². The first-order chi connectivity index (χ1) is 23.3. The number of fused-ring (bicyclic) bond motifs is 3. The summed E-state index contributed by atoms with van der Waals surface area (Å²) in [6, 6.07) is 19.0. The number of pyridine rings is 1. The summed E-state index contributed by atoms with van der Waals surface area (Å²) in [4.78, 5) is 17.2. The van der Waals surface area contributed by atoms with E-state index in [1.807, 2.05) is 40.8 Å². The quantitative estimate of drug-likeness (QED) is 0.0864. The van der Waals surface area contributed by atoms with Gasteiger partial charge in [0.25, 0.3) is 0 Å². The summed E-state index contributed by atoms with van der Waals surface area (Å²) >= 11 is 0. The molecule has 6 rings (SSSR count). The van der Waals surface area contributed by atoms with Gasteiger partial charge >= 0.3 is 0 Å². The molecule has 1 fully saturated rings. The van der Waals surface area contributed by atoms with E-state index in [4.69, 9.17) is 9.72 Å². The van der Waals surface area contributed by atoms with E-state index >= 15 is 0 Å². The van der Waals surface area contributed by atoms with Gasteiger partial charge in [0.1, 0.15) is 11.5 Å². The van der Waals surface area contributed by atoms with E-state index in [-0.39, 0.29) is 42.6 Å². The van der Waals surface area contributed by atoms with Gasteiger partial charge in [-0.25, -0.2) is 0 Å². The topological polar surface area (TPSA) is 59.4 Å². The maximum absolute atomic E-state index is 12.4. The van der Waals surface area contributed by atoms with Crippen molar-refractivity contribution in [2.45, 2.75) is 127 Å². The van der Waals surface area contributed by atoms with Crippen molar-refractivity contribution in [2.24, 2.45) is 22.7 Å². The Hall–Kier alpha value is -3.01. The van der Waals surface area contributed by atoms with Gasteiger partial charge in [-0.3, -0.25) is 9.78 Å². The molecule has 1 radical (unpaired) electrons. The molecule has 0 amide bonds. The largest absolute Gasteiger partial charge is 0.512 e. The van der Waals surface area contributed by atoms with Crippen molar-refractivity contribution in [1.82, 2.24) is 4.98 Å². The Morgan fingerprint density at radius 1 is 1.00 bits per heavy atom. The molecule has 1 aliphatic heterocycles. The Bertz CT molecular complexity index is 1840. The third-order valence-electron chi connectivity index (χ3n) is 11.3. The van der Waals surface area contributed by atoms with Gasteiger partial charge in [-0.15, -0.1) is 17.5 Å². The van der Waals surface area contributed by atoms with Crippen LogP contribution in [0.1, 0.15) is 125 Å². The first-order valence-corrected chi connectivity index (χ1v) is 18.8. The van der Waals surface area contributed by atoms with Crippen molar-refractivity contribution >= 4 is 27.3 Å². The molecule has 1 N–H and O–H groups in total. The molecule has 1 aromatic heterocycles. The van der Waals surface area contributed by atoms with Crippen molar-refractivity contribution in [3.63, 3.8) is 0 Å². The van der Waals surface area contributed by atoms with Crippen LogP contribution in [-0.2, 0) is 37.7 Å². The summed E-state index contributed by atoms with van der Waals surface area (Å²) in [5.41, 5.74) is 5.05. The molecule has 4 aromatic rings. The second kappa shape index (κ2) is 16.6. The van der Waals surface area contributed by atoms with Crippen molar-refractivity contribution < 1.29 is 34.7 Å². The SMILES string of the molecule is CC(C)(C)Cc1c2c([c-]c3ccccc13)-c1nccc3cc(CC4CCCC4)cc(c13)O2.CCC(CC)/C(O)=C(\C)C(=O)C(C)(CC)CC.[Ir]. The number of aliphatic hydroxyl groups is 1. The zero-order chi connectivity index (χ0) is 35.5. The number of aliphatic hydroxyl groups excluding tert-OH is 1. The summed E-state index contributed by atoms with van der Waals surface area (Å²) in [6.07, 6.45) is 12.9. The number of hydrogen-bond donors (Lipinski definition) is 1. The smallest absolute Gasteiger partial charge is 0.167 e. The molecule has 1 aliphatic carbocycles. The third-order valence-corrected chi connectivity index (χ3v) is 11.3. The Morgan fingerprint density at radius 2 is 1.66 bits per heavy atom. The monoisotopic (exact) mass is 853 g/mol. The van der Waals surface area contributed by atoms with Crippen molar-refractivity contribution in [3.05, 3.63) is 77.2 Å². The molecule has 1 saturated carbocycles. The molecule has 0 unspecified atom stereocenters. The molecule has 2 aliphatic rings. The van der Waals surface area contributed by atoms with E-state index in [2.05, 4.69) is 69.3 Å². The molecule has 0 atom stereocenters. The minimum absolute atomic E-state index is 0. The van der Waals surface area contributed by atoms with Crippen LogP contribution in [0.2, 0.25) is 0 Å². The molecule has 2 heterocycles. The minimum Gasteiger partial charge on any atom is -0.512 e. The van der Waals surface area contributed by atoms with Crippen LogP contribution in [0, 0.1) is 28.7 Å². The summed E-state index contributed by atoms with van der Waals surface area (Å²) in [6.45, 7) is 18.8. The predicted octanol–water partition coefficient (Wildman–Crippen LogP) is 12.9. The number of rotatable bonds is 10. The van der Waals surface area contributed by atoms with Crippen LogP contribution in [0.25, 0.3) is 32.8 Å². The van der Waals surface area contributed by atoms with Gasteiger partial charge in [0.2, 0.25) is 0 Å². The van der Waals surface area contributed by atoms with Crippen LogP contribution in [0.3, 0.4) is 0 Å². The zero-order valence-corrected chi connectivity index (χ0v) is 34.3. The average molecular weight is 853 g/mol. The third kappa shape index (κ3) is 8.37. The Balaban J connectivity index is 0.000000269. The molecular formula is C45H58IrNO3-. The fourth-order valence-electron chi connectivity index (χ4n) is 7.81. The number of carbonyl (C=O) groups excluding carboxylic acids is 1. The predicted molar refractivity (Wildman–Crippen MR) is 206 cm³/mol. The van der Waals surface area contributed by atoms with E-state index in [9.17, 15) is 9.90 Å². The average Bonchev–Trinajstić information content (AvgIpc) is 3.61. The number of ether oxygens (including phenoxy) is 1. The number of benzene rings is 3. The number of allylic oxidation sites excluding steroid dienone is 2. The van der Waals surface area contributed by atoms with E-state index < -0.39 is 0 Å². The molecule has 0 saturated heterocycles. The Kier molecular flexibility index (Phi) is 13.2. The number of ketones is 1. The van der Waals surface area contributed by atoms with Crippen LogP contribution in [0.15, 0.2) is 60.0 Å². The molecule has 0 spiro atoms. The number of carbonyl (C=O) groups is 1. The first-order valence-electron chi connectivity index (χ1n) is 18.8. The molecular weight excluding hydrogens is 795 g/mol. The van der Waals surface area contributed by atoms with Crippen LogP contribution in [0.4, 0.5) is 0 Å². The van der Waals surface area contributed by atoms with Gasteiger partial charge in [0.15, 0.2) is 5.78 Å². The maximum atomic E-state index is 12.4. The van der Waals surface area contributed by atoms with Gasteiger partial charge in [0, 0.05) is 54.3 Å². The molecule has 271 valence electrons. The molecule has 0 bridgehead atoms. The summed E-state index contributed by atoms with van der Waals surface area (Å²) in [5.74, 6) is 3.25. The summed E-state index contributed by atoms with van der Waals surface area (Å²) < 4.78 is 6.77. The molecule has 5 heteroatoms. The van der Waals surface area contributed by atoms with Crippen molar-refractivity contribution in [3.8, 4) is 22.8 Å². The molecule has 3 aromatic carbocycles. The number of nitrogens with zero attached hydrogens (tertiary/aromatic N) is 1. The first kappa shape index (κ1) is 39.8. The van der Waals surface area contributed by atoms with Crippen LogP contribution < -0.4 is 4.74 Å². The van der Waals surface area contributed by atoms with Crippen LogP contribution in [0.5, 0.6) is 11.5 Å². The zero-order valence-electron chi connectivity index (χ0n) is 31.9. The van der Waals surface area contributed by atoms with Gasteiger partial charge in [-0.1, -0.05) is 122 Å². The number of aromatic nitrogens is 1. The van der Waals surface area contributed by atoms with Gasteiger partial charge in [-0.05, 0) is 79.9 Å². The number of Topliss-reactive ketones (excluding diaryl/α,β-unsaturated/α-hetero) is 1. The second-order valence-electron chi connectivity index (χ2n) is 16.0. The van der Waals surface area contributed by atoms with Crippen LogP contribution >= 0.6 is 0 Å². The summed E-state index contributed by atoms with van der Waals surface area (Å²) in [5, 5.41) is 14.9. The fraction of sp³-hybridized carbons (Fsp3) is 0.511. The van der Waals surface area contributed by atoms with Gasteiger partial charge < -0.3 is 9.84 Å². The number of hydrogen-bond acceptors (Lipinski definition) is 4. The van der Waals surface area contributed by atoms with Gasteiger partial charge in [0.05, 0.1) is 5.75 Å². The standard InChI is InChI=1S/C30H30NO.C15H28O2.Ir/c1-30(2,3)18-25-23-11-7-6-10-21(23)17-24-28-27-22(12-13-31-28)15-20(14-19-8-4-5-9-19)16-26(27)32-29(24)25;1-7-12(8-2)13(16)11(5)14(17)15(6,9-3)10-4;/h6-7,10-13,15-16,19H,4-5,8-9,14,18H2,1-3H3;12,16H,7-10H2,1-6H3;/q-1;;/b;13-11-;. The molecule has 50 heavy (non-hydrogen) atoms. The fourth-order valence-corrected chi connectivity index (χ4v) is 7.81. The van der Waals surface area contributed by atoms with E-state index in [0.29, 0.717) is 11.3 Å². The normalized spacial score (nSPS) is 14.8. The Morgan fingerprint density at radius 3 is 2.28 bits per heavy atom. The van der Waals surface area contributed by atoms with Gasteiger partial charge in [-0.2, -0.15) is 0 Å². The maximum Gasteiger partial charge on any atom is 0.167 e. The van der Waals surface area contributed by atoms with Crippen molar-refractivity contribution in [1.29, 1.82) is 0 Å². The minimum atomic E-state index is -0.329. The Labute approximate surface area is 314 Å².